The Hall–Kier alpha value is -2.32. The van der Waals surface area contributed by atoms with Crippen LogP contribution in [-0.2, 0) is 10.0 Å². The van der Waals surface area contributed by atoms with Gasteiger partial charge in [-0.25, -0.2) is 17.5 Å². The minimum Gasteiger partial charge on any atom is -0.497 e. The lowest BCUT2D eigenvalue weighted by Crippen LogP contribution is -2.36. The zero-order chi connectivity index (χ0) is 18.4. The van der Waals surface area contributed by atoms with Gasteiger partial charge in [-0.3, -0.25) is 0 Å². The number of rotatable bonds is 8. The SMILES string of the molecule is COc1ccc(OC[C@@H](C)NS(=O)(=O)c2ccc(OC)c(F)c2)cc1. The van der Waals surface area contributed by atoms with Crippen LogP contribution in [-0.4, -0.2) is 35.3 Å². The van der Waals surface area contributed by atoms with E-state index in [-0.39, 0.29) is 17.3 Å². The fourth-order valence-electron chi connectivity index (χ4n) is 2.07. The summed E-state index contributed by atoms with van der Waals surface area (Å²) in [6, 6.07) is 9.87. The zero-order valence-electron chi connectivity index (χ0n) is 14.2. The van der Waals surface area contributed by atoms with Crippen molar-refractivity contribution in [2.75, 3.05) is 20.8 Å². The number of sulfonamides is 1. The molecule has 2 rings (SSSR count). The summed E-state index contributed by atoms with van der Waals surface area (Å²) in [6.07, 6.45) is 0. The molecule has 0 amide bonds. The quantitative estimate of drug-likeness (QED) is 0.774. The highest BCUT2D eigenvalue weighted by molar-refractivity contribution is 7.89. The van der Waals surface area contributed by atoms with E-state index in [1.54, 1.807) is 38.3 Å². The van der Waals surface area contributed by atoms with Gasteiger partial charge < -0.3 is 14.2 Å². The first kappa shape index (κ1) is 19.0. The summed E-state index contributed by atoms with van der Waals surface area (Å²) < 4.78 is 56.1. The van der Waals surface area contributed by atoms with Crippen LogP contribution in [0.15, 0.2) is 47.4 Å². The molecule has 1 N–H and O–H groups in total. The number of hydrogen-bond donors (Lipinski definition) is 1. The molecule has 8 heteroatoms. The molecule has 0 heterocycles. The largest absolute Gasteiger partial charge is 0.497 e. The second-order valence-electron chi connectivity index (χ2n) is 5.31. The Morgan fingerprint density at radius 1 is 1.04 bits per heavy atom. The van der Waals surface area contributed by atoms with Crippen molar-refractivity contribution in [3.8, 4) is 17.2 Å². The average molecular weight is 369 g/mol. The molecule has 0 aliphatic heterocycles. The molecular formula is C17H20FNO5S. The molecule has 0 aromatic heterocycles. The van der Waals surface area contributed by atoms with E-state index in [2.05, 4.69) is 4.72 Å². The van der Waals surface area contributed by atoms with Crippen LogP contribution in [0.2, 0.25) is 0 Å². The molecule has 0 saturated heterocycles. The van der Waals surface area contributed by atoms with Crippen molar-refractivity contribution in [1.82, 2.24) is 4.72 Å². The van der Waals surface area contributed by atoms with Gasteiger partial charge in [-0.05, 0) is 49.4 Å². The lowest BCUT2D eigenvalue weighted by atomic mass is 10.3. The number of halogens is 1. The number of nitrogens with one attached hydrogen (secondary N) is 1. The third-order valence-electron chi connectivity index (χ3n) is 3.35. The third-order valence-corrected chi connectivity index (χ3v) is 4.94. The number of benzene rings is 2. The normalized spacial score (nSPS) is 12.5. The lowest BCUT2D eigenvalue weighted by Gasteiger charge is -2.16. The highest BCUT2D eigenvalue weighted by Crippen LogP contribution is 2.21. The van der Waals surface area contributed by atoms with Crippen LogP contribution < -0.4 is 18.9 Å². The van der Waals surface area contributed by atoms with E-state index < -0.39 is 21.9 Å². The van der Waals surface area contributed by atoms with E-state index >= 15 is 0 Å². The number of ether oxygens (including phenoxy) is 3. The molecule has 25 heavy (non-hydrogen) atoms. The van der Waals surface area contributed by atoms with Gasteiger partial charge in [-0.15, -0.1) is 0 Å². The van der Waals surface area contributed by atoms with Crippen LogP contribution in [0.4, 0.5) is 4.39 Å². The smallest absolute Gasteiger partial charge is 0.241 e. The van der Waals surface area contributed by atoms with E-state index in [1.807, 2.05) is 0 Å². The summed E-state index contributed by atoms with van der Waals surface area (Å²) in [7, 11) is -0.994. The van der Waals surface area contributed by atoms with Crippen molar-refractivity contribution in [3.05, 3.63) is 48.3 Å². The van der Waals surface area contributed by atoms with Crippen LogP contribution in [0, 0.1) is 5.82 Å². The van der Waals surface area contributed by atoms with Gasteiger partial charge in [0.25, 0.3) is 0 Å². The fourth-order valence-corrected chi connectivity index (χ4v) is 3.31. The molecule has 2 aromatic carbocycles. The molecule has 6 nitrogen and oxygen atoms in total. The molecule has 136 valence electrons. The van der Waals surface area contributed by atoms with Crippen molar-refractivity contribution >= 4 is 10.0 Å². The molecule has 0 spiro atoms. The first-order chi connectivity index (χ1) is 11.9. The molecule has 0 fully saturated rings. The second-order valence-corrected chi connectivity index (χ2v) is 7.02. The summed E-state index contributed by atoms with van der Waals surface area (Å²) in [6.45, 7) is 1.77. The van der Waals surface area contributed by atoms with Gasteiger partial charge in [0, 0.05) is 0 Å². The summed E-state index contributed by atoms with van der Waals surface area (Å²) in [4.78, 5) is -0.179. The van der Waals surface area contributed by atoms with Crippen molar-refractivity contribution < 1.29 is 27.0 Å². The lowest BCUT2D eigenvalue weighted by molar-refractivity contribution is 0.287. The van der Waals surface area contributed by atoms with E-state index in [0.29, 0.717) is 11.5 Å². The highest BCUT2D eigenvalue weighted by atomic mass is 32.2. The number of hydrogen-bond acceptors (Lipinski definition) is 5. The summed E-state index contributed by atoms with van der Waals surface area (Å²) in [5.74, 6) is 0.521. The minimum absolute atomic E-state index is 0.0187. The average Bonchev–Trinajstić information content (AvgIpc) is 2.60. The van der Waals surface area contributed by atoms with Crippen LogP contribution in [0.1, 0.15) is 6.92 Å². The molecule has 0 saturated carbocycles. The van der Waals surface area contributed by atoms with Gasteiger partial charge in [0.2, 0.25) is 10.0 Å². The van der Waals surface area contributed by atoms with Crippen LogP contribution >= 0.6 is 0 Å². The molecule has 0 unspecified atom stereocenters. The maximum Gasteiger partial charge on any atom is 0.241 e. The molecule has 0 bridgehead atoms. The van der Waals surface area contributed by atoms with Crippen LogP contribution in [0.25, 0.3) is 0 Å². The highest BCUT2D eigenvalue weighted by Gasteiger charge is 2.19. The summed E-state index contributed by atoms with van der Waals surface area (Å²) in [5.41, 5.74) is 0. The van der Waals surface area contributed by atoms with E-state index in [4.69, 9.17) is 14.2 Å². The van der Waals surface area contributed by atoms with Crippen molar-refractivity contribution in [2.45, 2.75) is 17.9 Å². The third kappa shape index (κ3) is 5.07. The Labute approximate surface area is 146 Å². The molecule has 1 atom stereocenters. The van der Waals surface area contributed by atoms with E-state index in [0.717, 1.165) is 6.07 Å². The summed E-state index contributed by atoms with van der Waals surface area (Å²) in [5, 5.41) is 0. The van der Waals surface area contributed by atoms with Crippen molar-refractivity contribution in [2.24, 2.45) is 0 Å². The van der Waals surface area contributed by atoms with Gasteiger partial charge in [-0.1, -0.05) is 0 Å². The van der Waals surface area contributed by atoms with Gasteiger partial charge >= 0.3 is 0 Å². The second kappa shape index (κ2) is 8.17. The minimum atomic E-state index is -3.87. The monoisotopic (exact) mass is 369 g/mol. The molecule has 2 aromatic rings. The van der Waals surface area contributed by atoms with Crippen LogP contribution in [0.5, 0.6) is 17.2 Å². The first-order valence-corrected chi connectivity index (χ1v) is 8.96. The maximum atomic E-state index is 13.7. The van der Waals surface area contributed by atoms with E-state index in [1.165, 1.54) is 19.2 Å². The zero-order valence-corrected chi connectivity index (χ0v) is 15.0. The predicted molar refractivity (Wildman–Crippen MR) is 91.2 cm³/mol. The molecule has 0 aliphatic rings. The van der Waals surface area contributed by atoms with Gasteiger partial charge in [-0.2, -0.15) is 0 Å². The topological polar surface area (TPSA) is 73.9 Å². The Bertz CT molecular complexity index is 808. The van der Waals surface area contributed by atoms with Gasteiger partial charge in [0.15, 0.2) is 11.6 Å². The van der Waals surface area contributed by atoms with Crippen molar-refractivity contribution in [1.29, 1.82) is 0 Å². The first-order valence-electron chi connectivity index (χ1n) is 7.48. The van der Waals surface area contributed by atoms with E-state index in [9.17, 15) is 12.8 Å². The fraction of sp³-hybridized carbons (Fsp3) is 0.294. The van der Waals surface area contributed by atoms with Crippen molar-refractivity contribution in [3.63, 3.8) is 0 Å². The Balaban J connectivity index is 1.98. The van der Waals surface area contributed by atoms with Gasteiger partial charge in [0.1, 0.15) is 18.1 Å². The Morgan fingerprint density at radius 3 is 2.24 bits per heavy atom. The maximum absolute atomic E-state index is 13.7. The van der Waals surface area contributed by atoms with Gasteiger partial charge in [0.05, 0.1) is 25.2 Å². The van der Waals surface area contributed by atoms with Crippen LogP contribution in [0.3, 0.4) is 0 Å². The standard InChI is InChI=1S/C17H20FNO5S/c1-12(11-24-14-6-4-13(22-2)5-7-14)19-25(20,21)15-8-9-17(23-3)16(18)10-15/h4-10,12,19H,11H2,1-3H3/t12-/m1/s1. The molecule has 0 radical (unpaired) electrons. The Morgan fingerprint density at radius 2 is 1.68 bits per heavy atom. The number of methoxy groups -OCH3 is 2. The molecule has 0 aliphatic carbocycles. The molecular weight excluding hydrogens is 349 g/mol. The predicted octanol–water partition coefficient (Wildman–Crippen LogP) is 2.59. The Kier molecular flexibility index (Phi) is 6.22. The summed E-state index contributed by atoms with van der Waals surface area (Å²) >= 11 is 0.